The molecule has 0 aliphatic carbocycles. The number of amidine groups is 2. The minimum atomic E-state index is 0.488. The molecule has 4 heteroatoms. The highest BCUT2D eigenvalue weighted by Gasteiger charge is 2.13. The van der Waals surface area contributed by atoms with Crippen molar-refractivity contribution in [3.8, 4) is 5.69 Å². The quantitative estimate of drug-likeness (QED) is 0.481. The van der Waals surface area contributed by atoms with Crippen molar-refractivity contribution in [2.24, 2.45) is 15.7 Å². The monoisotopic (exact) mass is 372 g/mol. The Morgan fingerprint density at radius 3 is 2.11 bits per heavy atom. The Morgan fingerprint density at radius 2 is 1.50 bits per heavy atom. The summed E-state index contributed by atoms with van der Waals surface area (Å²) in [4.78, 5) is 9.34. The van der Waals surface area contributed by atoms with Crippen LogP contribution in [0.5, 0.6) is 0 Å². The molecule has 2 N–H and O–H groups in total. The van der Waals surface area contributed by atoms with E-state index in [1.54, 1.807) is 6.92 Å². The van der Waals surface area contributed by atoms with Gasteiger partial charge in [-0.25, -0.2) is 9.98 Å². The van der Waals surface area contributed by atoms with Crippen molar-refractivity contribution >= 4 is 17.4 Å². The maximum Gasteiger partial charge on any atom is 0.161 e. The van der Waals surface area contributed by atoms with Crippen molar-refractivity contribution in [1.29, 1.82) is 0 Å². The van der Waals surface area contributed by atoms with Gasteiger partial charge in [0, 0.05) is 22.6 Å². The number of benzene rings is 2. The number of nitrogens with zero attached hydrogens (tertiary/aromatic N) is 3. The minimum absolute atomic E-state index is 0.488. The number of aromatic nitrogens is 1. The van der Waals surface area contributed by atoms with Crippen LogP contribution in [0.3, 0.4) is 0 Å². The predicted octanol–water partition coefficient (Wildman–Crippen LogP) is 5.47. The van der Waals surface area contributed by atoms with E-state index in [1.165, 1.54) is 22.5 Å². The SMILES string of the molecule is CC(N)=NC(=Nc1cccc(-n2c(C)c(C)c(C)c2C)c1)c1ccccc1C. The van der Waals surface area contributed by atoms with E-state index in [4.69, 9.17) is 10.7 Å². The lowest BCUT2D eigenvalue weighted by Crippen LogP contribution is -2.11. The van der Waals surface area contributed by atoms with Crippen LogP contribution >= 0.6 is 0 Å². The van der Waals surface area contributed by atoms with Gasteiger partial charge in [0.2, 0.25) is 0 Å². The zero-order valence-corrected chi connectivity index (χ0v) is 17.5. The molecule has 0 bridgehead atoms. The molecule has 0 fully saturated rings. The van der Waals surface area contributed by atoms with Gasteiger partial charge in [-0.05, 0) is 76.4 Å². The molecule has 0 saturated heterocycles. The van der Waals surface area contributed by atoms with Crippen molar-refractivity contribution in [1.82, 2.24) is 4.57 Å². The van der Waals surface area contributed by atoms with E-state index in [-0.39, 0.29) is 0 Å². The van der Waals surface area contributed by atoms with Crippen LogP contribution in [0, 0.1) is 34.6 Å². The first-order valence-corrected chi connectivity index (χ1v) is 9.50. The van der Waals surface area contributed by atoms with Gasteiger partial charge in [0.15, 0.2) is 5.84 Å². The molecule has 144 valence electrons. The molecule has 2 aromatic carbocycles. The third-order valence-corrected chi connectivity index (χ3v) is 5.31. The van der Waals surface area contributed by atoms with Crippen molar-refractivity contribution in [3.63, 3.8) is 0 Å². The van der Waals surface area contributed by atoms with E-state index in [0.29, 0.717) is 11.7 Å². The zero-order valence-electron chi connectivity index (χ0n) is 17.5. The second-order valence-corrected chi connectivity index (χ2v) is 7.28. The van der Waals surface area contributed by atoms with Crippen molar-refractivity contribution in [3.05, 3.63) is 82.2 Å². The highest BCUT2D eigenvalue weighted by Crippen LogP contribution is 2.27. The van der Waals surface area contributed by atoms with Crippen LogP contribution in [0.25, 0.3) is 5.69 Å². The maximum atomic E-state index is 5.88. The zero-order chi connectivity index (χ0) is 20.4. The lowest BCUT2D eigenvalue weighted by molar-refractivity contribution is 0.956. The summed E-state index contributed by atoms with van der Waals surface area (Å²) in [6.07, 6.45) is 0. The summed E-state index contributed by atoms with van der Waals surface area (Å²) in [5, 5.41) is 0. The Hall–Kier alpha value is -3.14. The first-order valence-electron chi connectivity index (χ1n) is 9.50. The number of aryl methyl sites for hydroxylation is 1. The minimum Gasteiger partial charge on any atom is -0.387 e. The average molecular weight is 373 g/mol. The fourth-order valence-electron chi connectivity index (χ4n) is 3.48. The van der Waals surface area contributed by atoms with E-state index >= 15 is 0 Å². The van der Waals surface area contributed by atoms with E-state index in [2.05, 4.69) is 62.4 Å². The molecule has 3 rings (SSSR count). The Labute approximate surface area is 167 Å². The number of aliphatic imine (C=N–C) groups is 2. The van der Waals surface area contributed by atoms with Gasteiger partial charge in [0.25, 0.3) is 0 Å². The molecule has 4 nitrogen and oxygen atoms in total. The van der Waals surface area contributed by atoms with Gasteiger partial charge in [-0.3, -0.25) is 0 Å². The molecule has 28 heavy (non-hydrogen) atoms. The van der Waals surface area contributed by atoms with Crippen LogP contribution in [0.4, 0.5) is 5.69 Å². The van der Waals surface area contributed by atoms with Crippen LogP contribution in [0.15, 0.2) is 58.5 Å². The molecule has 0 aliphatic rings. The number of hydrogen-bond donors (Lipinski definition) is 1. The molecular weight excluding hydrogens is 344 g/mol. The van der Waals surface area contributed by atoms with Gasteiger partial charge in [-0.2, -0.15) is 0 Å². The largest absolute Gasteiger partial charge is 0.387 e. The number of nitrogens with two attached hydrogens (primary N) is 1. The number of hydrogen-bond acceptors (Lipinski definition) is 1. The van der Waals surface area contributed by atoms with Gasteiger partial charge in [-0.1, -0.05) is 30.3 Å². The molecule has 0 saturated carbocycles. The maximum absolute atomic E-state index is 5.88. The molecule has 0 atom stereocenters. The summed E-state index contributed by atoms with van der Waals surface area (Å²) in [7, 11) is 0. The van der Waals surface area contributed by atoms with E-state index in [1.807, 2.05) is 30.3 Å². The summed E-state index contributed by atoms with van der Waals surface area (Å²) < 4.78 is 2.29. The second-order valence-electron chi connectivity index (χ2n) is 7.28. The third kappa shape index (κ3) is 3.77. The summed E-state index contributed by atoms with van der Waals surface area (Å²) in [5.74, 6) is 1.12. The molecule has 0 aliphatic heterocycles. The van der Waals surface area contributed by atoms with Crippen LogP contribution in [-0.2, 0) is 0 Å². The van der Waals surface area contributed by atoms with Crippen LogP contribution < -0.4 is 5.73 Å². The highest BCUT2D eigenvalue weighted by molar-refractivity contribution is 6.07. The van der Waals surface area contributed by atoms with Crippen LogP contribution in [-0.4, -0.2) is 16.2 Å². The predicted molar refractivity (Wildman–Crippen MR) is 119 cm³/mol. The molecule has 0 radical (unpaired) electrons. The first-order chi connectivity index (χ1) is 13.3. The Balaban J connectivity index is 2.14. The van der Waals surface area contributed by atoms with Gasteiger partial charge in [-0.15, -0.1) is 0 Å². The van der Waals surface area contributed by atoms with E-state index in [9.17, 15) is 0 Å². The lowest BCUT2D eigenvalue weighted by Gasteiger charge is -2.11. The second kappa shape index (κ2) is 7.85. The fraction of sp³-hybridized carbons (Fsp3) is 0.250. The lowest BCUT2D eigenvalue weighted by atomic mass is 10.1. The average Bonchev–Trinajstić information content (AvgIpc) is 2.84. The molecule has 0 unspecified atom stereocenters. The molecule has 0 spiro atoms. The summed E-state index contributed by atoms with van der Waals surface area (Å²) in [5.41, 5.74) is 15.1. The standard InChI is InChI=1S/C24H28N4/c1-15-10-7-8-13-23(15)24(26-20(6)25)27-21-11-9-12-22(14-21)28-18(4)16(2)17(3)19(28)5/h7-14H,1-6H3,(H2,25,26,27). The molecule has 1 aromatic heterocycles. The van der Waals surface area contributed by atoms with Gasteiger partial charge in [0.1, 0.15) is 0 Å². The van der Waals surface area contributed by atoms with Crippen molar-refractivity contribution in [2.75, 3.05) is 0 Å². The van der Waals surface area contributed by atoms with Gasteiger partial charge < -0.3 is 10.3 Å². The smallest absolute Gasteiger partial charge is 0.161 e. The summed E-state index contributed by atoms with van der Waals surface area (Å²) in [6, 6.07) is 16.3. The third-order valence-electron chi connectivity index (χ3n) is 5.31. The fourth-order valence-corrected chi connectivity index (χ4v) is 3.48. The van der Waals surface area contributed by atoms with Crippen molar-refractivity contribution < 1.29 is 0 Å². The Bertz CT molecular complexity index is 1050. The molecule has 0 amide bonds. The highest BCUT2D eigenvalue weighted by atomic mass is 15.0. The van der Waals surface area contributed by atoms with Crippen LogP contribution in [0.1, 0.15) is 40.6 Å². The number of rotatable bonds is 3. The van der Waals surface area contributed by atoms with Gasteiger partial charge in [0.05, 0.1) is 11.5 Å². The van der Waals surface area contributed by atoms with Crippen molar-refractivity contribution in [2.45, 2.75) is 41.5 Å². The topological polar surface area (TPSA) is 55.7 Å². The molecular formula is C24H28N4. The van der Waals surface area contributed by atoms with E-state index < -0.39 is 0 Å². The Morgan fingerprint density at radius 1 is 0.857 bits per heavy atom. The summed E-state index contributed by atoms with van der Waals surface area (Å²) in [6.45, 7) is 12.5. The normalized spacial score (nSPS) is 12.5. The van der Waals surface area contributed by atoms with Crippen LogP contribution in [0.2, 0.25) is 0 Å². The Kier molecular flexibility index (Phi) is 5.50. The summed E-state index contributed by atoms with van der Waals surface area (Å²) >= 11 is 0. The van der Waals surface area contributed by atoms with E-state index in [0.717, 1.165) is 22.5 Å². The first kappa shape index (κ1) is 19.6. The molecule has 3 aromatic rings. The molecule has 1 heterocycles. The van der Waals surface area contributed by atoms with Gasteiger partial charge >= 0.3 is 0 Å².